The number of ether oxygens (including phenoxy) is 1. The van der Waals surface area contributed by atoms with E-state index in [2.05, 4.69) is 5.10 Å². The lowest BCUT2D eigenvalue weighted by atomic mass is 10.2. The van der Waals surface area contributed by atoms with Crippen molar-refractivity contribution in [3.63, 3.8) is 0 Å². The molecule has 18 heavy (non-hydrogen) atoms. The highest BCUT2D eigenvalue weighted by Crippen LogP contribution is 2.18. The van der Waals surface area contributed by atoms with E-state index in [-0.39, 0.29) is 17.8 Å². The highest BCUT2D eigenvalue weighted by Gasteiger charge is 2.30. The van der Waals surface area contributed by atoms with E-state index in [9.17, 15) is 9.18 Å². The molecule has 0 bridgehead atoms. The van der Waals surface area contributed by atoms with Crippen LogP contribution < -0.4 is 0 Å². The fourth-order valence-corrected chi connectivity index (χ4v) is 1.99. The first-order chi connectivity index (χ1) is 8.70. The van der Waals surface area contributed by atoms with E-state index in [0.29, 0.717) is 12.1 Å². The molecule has 1 atom stereocenters. The summed E-state index contributed by atoms with van der Waals surface area (Å²) in [6.07, 6.45) is 3.21. The number of hydrogen-bond donors (Lipinski definition) is 0. The van der Waals surface area contributed by atoms with Gasteiger partial charge in [0.2, 0.25) is 0 Å². The van der Waals surface area contributed by atoms with Crippen LogP contribution in [0, 0.1) is 5.82 Å². The van der Waals surface area contributed by atoms with E-state index in [1.807, 2.05) is 0 Å². The summed E-state index contributed by atoms with van der Waals surface area (Å²) >= 11 is 0. The molecular weight excluding hydrogens is 235 g/mol. The second kappa shape index (κ2) is 5.62. The zero-order valence-corrected chi connectivity index (χ0v) is 10.2. The summed E-state index contributed by atoms with van der Waals surface area (Å²) in [5.74, 6) is -0.575. The van der Waals surface area contributed by atoms with Crippen LogP contribution in [0.1, 0.15) is 18.4 Å². The Labute approximate surface area is 105 Å². The number of hydrazone groups is 1. The lowest BCUT2D eigenvalue weighted by molar-refractivity contribution is -0.145. The van der Waals surface area contributed by atoms with Crippen molar-refractivity contribution in [1.82, 2.24) is 5.01 Å². The molecule has 1 aliphatic rings. The van der Waals surface area contributed by atoms with Gasteiger partial charge in [-0.3, -0.25) is 5.01 Å². The largest absolute Gasteiger partial charge is 0.467 e. The van der Waals surface area contributed by atoms with Gasteiger partial charge in [-0.15, -0.1) is 0 Å². The maximum absolute atomic E-state index is 13.0. The zero-order chi connectivity index (χ0) is 13.0. The average Bonchev–Trinajstić information content (AvgIpc) is 2.84. The van der Waals surface area contributed by atoms with Crippen molar-refractivity contribution in [2.24, 2.45) is 5.10 Å². The van der Waals surface area contributed by atoms with Crippen LogP contribution in [0.25, 0.3) is 0 Å². The summed E-state index contributed by atoms with van der Waals surface area (Å²) in [4.78, 5) is 11.5. The van der Waals surface area contributed by atoms with E-state index in [1.165, 1.54) is 19.2 Å². The first kappa shape index (κ1) is 12.5. The van der Waals surface area contributed by atoms with Crippen LogP contribution in [0.2, 0.25) is 0 Å². The lowest BCUT2D eigenvalue weighted by Gasteiger charge is -2.18. The number of esters is 1. The van der Waals surface area contributed by atoms with Crippen molar-refractivity contribution in [3.8, 4) is 0 Å². The standard InChI is InChI=1S/C13H15FN2O2/c1-18-13(17)12-6-3-7-16(12)15-9-10-4-2-5-11(14)8-10/h2,4-5,8-9,12H,3,6-7H2,1H3. The van der Waals surface area contributed by atoms with Crippen LogP contribution in [0.5, 0.6) is 0 Å². The smallest absolute Gasteiger partial charge is 0.330 e. The minimum atomic E-state index is -0.320. The van der Waals surface area contributed by atoms with Crippen LogP contribution in [0.3, 0.4) is 0 Å². The third kappa shape index (κ3) is 2.85. The predicted octanol–water partition coefficient (Wildman–Crippen LogP) is 1.80. The normalized spacial score (nSPS) is 19.4. The summed E-state index contributed by atoms with van der Waals surface area (Å²) < 4.78 is 17.7. The number of carbonyl (C=O) groups is 1. The summed E-state index contributed by atoms with van der Waals surface area (Å²) in [6.45, 7) is 0.714. The van der Waals surface area contributed by atoms with E-state index in [0.717, 1.165) is 12.8 Å². The van der Waals surface area contributed by atoms with Crippen molar-refractivity contribution in [2.75, 3.05) is 13.7 Å². The number of halogens is 1. The number of benzene rings is 1. The Morgan fingerprint density at radius 2 is 2.44 bits per heavy atom. The third-order valence-corrected chi connectivity index (χ3v) is 2.90. The van der Waals surface area contributed by atoms with Gasteiger partial charge in [0.05, 0.1) is 13.3 Å². The van der Waals surface area contributed by atoms with Crippen LogP contribution in [0.15, 0.2) is 29.4 Å². The van der Waals surface area contributed by atoms with Gasteiger partial charge < -0.3 is 4.74 Å². The first-order valence-corrected chi connectivity index (χ1v) is 5.85. The topological polar surface area (TPSA) is 41.9 Å². The molecule has 1 aromatic rings. The van der Waals surface area contributed by atoms with E-state index in [1.54, 1.807) is 23.4 Å². The van der Waals surface area contributed by atoms with Crippen LogP contribution in [-0.2, 0) is 9.53 Å². The molecule has 0 aliphatic carbocycles. The molecule has 1 unspecified atom stereocenters. The lowest BCUT2D eigenvalue weighted by Crippen LogP contribution is -2.33. The molecule has 1 saturated heterocycles. The van der Waals surface area contributed by atoms with Crippen molar-refractivity contribution >= 4 is 12.2 Å². The molecule has 2 rings (SSSR count). The average molecular weight is 250 g/mol. The van der Waals surface area contributed by atoms with Crippen molar-refractivity contribution in [2.45, 2.75) is 18.9 Å². The molecule has 0 N–H and O–H groups in total. The van der Waals surface area contributed by atoms with Crippen LogP contribution >= 0.6 is 0 Å². The van der Waals surface area contributed by atoms with Gasteiger partial charge in [-0.25, -0.2) is 9.18 Å². The maximum Gasteiger partial charge on any atom is 0.330 e. The SMILES string of the molecule is COC(=O)C1CCCN1N=Cc1cccc(F)c1. The van der Waals surface area contributed by atoms with E-state index in [4.69, 9.17) is 4.74 Å². The Hall–Kier alpha value is -1.91. The van der Waals surface area contributed by atoms with Gasteiger partial charge >= 0.3 is 5.97 Å². The number of hydrogen-bond acceptors (Lipinski definition) is 4. The summed E-state index contributed by atoms with van der Waals surface area (Å²) in [5.41, 5.74) is 0.672. The van der Waals surface area contributed by atoms with Gasteiger partial charge in [-0.2, -0.15) is 5.10 Å². The second-order valence-electron chi connectivity index (χ2n) is 4.14. The minimum Gasteiger partial charge on any atom is -0.467 e. The molecule has 0 spiro atoms. The predicted molar refractivity (Wildman–Crippen MR) is 65.7 cm³/mol. The molecule has 0 saturated carbocycles. The zero-order valence-electron chi connectivity index (χ0n) is 10.2. The van der Waals surface area contributed by atoms with Gasteiger partial charge in [0.15, 0.2) is 0 Å². The van der Waals surface area contributed by atoms with Crippen molar-refractivity contribution in [3.05, 3.63) is 35.6 Å². The van der Waals surface area contributed by atoms with Crippen LogP contribution in [0.4, 0.5) is 4.39 Å². The van der Waals surface area contributed by atoms with Crippen molar-refractivity contribution < 1.29 is 13.9 Å². The van der Waals surface area contributed by atoms with E-state index < -0.39 is 0 Å². The molecule has 1 fully saturated rings. The second-order valence-corrected chi connectivity index (χ2v) is 4.14. The summed E-state index contributed by atoms with van der Waals surface area (Å²) in [6, 6.07) is 5.84. The quantitative estimate of drug-likeness (QED) is 0.606. The first-order valence-electron chi connectivity index (χ1n) is 5.85. The Bertz CT molecular complexity index is 462. The number of nitrogens with zero attached hydrogens (tertiary/aromatic N) is 2. The molecule has 0 radical (unpaired) electrons. The Kier molecular flexibility index (Phi) is 3.92. The number of methoxy groups -OCH3 is 1. The molecule has 0 amide bonds. The van der Waals surface area contributed by atoms with Gasteiger partial charge in [0, 0.05) is 6.54 Å². The van der Waals surface area contributed by atoms with Gasteiger partial charge in [-0.1, -0.05) is 12.1 Å². The van der Waals surface area contributed by atoms with Crippen LogP contribution in [-0.4, -0.2) is 36.9 Å². The summed E-state index contributed by atoms with van der Waals surface area (Å²) in [5, 5.41) is 5.92. The summed E-state index contributed by atoms with van der Waals surface area (Å²) in [7, 11) is 1.37. The number of rotatable bonds is 3. The molecule has 1 aromatic carbocycles. The fourth-order valence-electron chi connectivity index (χ4n) is 1.99. The molecule has 1 aliphatic heterocycles. The molecule has 96 valence electrons. The maximum atomic E-state index is 13.0. The Balaban J connectivity index is 2.06. The third-order valence-electron chi connectivity index (χ3n) is 2.90. The highest BCUT2D eigenvalue weighted by atomic mass is 19.1. The highest BCUT2D eigenvalue weighted by molar-refractivity contribution is 5.80. The molecular formula is C13H15FN2O2. The minimum absolute atomic E-state index is 0.274. The number of carbonyl (C=O) groups excluding carboxylic acids is 1. The van der Waals surface area contributed by atoms with Gasteiger partial charge in [0.25, 0.3) is 0 Å². The van der Waals surface area contributed by atoms with Crippen molar-refractivity contribution in [1.29, 1.82) is 0 Å². The Morgan fingerprint density at radius 3 is 3.17 bits per heavy atom. The van der Waals surface area contributed by atoms with Gasteiger partial charge in [-0.05, 0) is 30.5 Å². The fraction of sp³-hybridized carbons (Fsp3) is 0.385. The van der Waals surface area contributed by atoms with Gasteiger partial charge in [0.1, 0.15) is 11.9 Å². The molecule has 1 heterocycles. The molecule has 4 nitrogen and oxygen atoms in total. The monoisotopic (exact) mass is 250 g/mol. The van der Waals surface area contributed by atoms with E-state index >= 15 is 0 Å². The Morgan fingerprint density at radius 1 is 1.61 bits per heavy atom. The molecule has 5 heteroatoms. The molecule has 0 aromatic heterocycles.